The number of amides is 1. The molecule has 0 rings (SSSR count). The second-order valence-electron chi connectivity index (χ2n) is 1.37. The molecule has 1 unspecified atom stereocenters. The first-order valence-electron chi connectivity index (χ1n) is 2.61. The minimum atomic E-state index is -0.312. The summed E-state index contributed by atoms with van der Waals surface area (Å²) in [5.74, 6) is -0.312. The van der Waals surface area contributed by atoms with Gasteiger partial charge in [0.05, 0.1) is 6.04 Å². The Hall–Kier alpha value is -0.570. The number of primary amides is 1. The highest BCUT2D eigenvalue weighted by atomic mass is 16.1. The van der Waals surface area contributed by atoms with Gasteiger partial charge < -0.3 is 11.0 Å². The quantitative estimate of drug-likeness (QED) is 0.475. The van der Waals surface area contributed by atoms with Crippen molar-refractivity contribution in [2.75, 3.05) is 7.05 Å². The predicted octanol–water partition coefficient (Wildman–Crippen LogP) is -0.920. The number of hydrogen-bond donors (Lipinski definition) is 2. The Kier molecular flexibility index (Phi) is 1.69. The molecule has 0 heterocycles. The molecule has 0 aromatic rings. The third kappa shape index (κ3) is 2.17. The number of nitrogens with one attached hydrogen (secondary N) is 1. The molecule has 0 aliphatic rings. The molecular weight excluding hydrogens is 92.1 g/mol. The van der Waals surface area contributed by atoms with Crippen LogP contribution in [0.3, 0.4) is 0 Å². The lowest BCUT2D eigenvalue weighted by Gasteiger charge is -2.01. The minimum absolute atomic E-state index is 0.271. The fraction of sp³-hybridized carbons (Fsp3) is 0.750. The lowest BCUT2D eigenvalue weighted by Crippen LogP contribution is -2.36. The summed E-state index contributed by atoms with van der Waals surface area (Å²) in [5.41, 5.74) is 1.76. The van der Waals surface area contributed by atoms with Crippen molar-refractivity contribution in [1.82, 2.24) is 5.32 Å². The van der Waals surface area contributed by atoms with Gasteiger partial charge in [0.25, 0.3) is 0 Å². The van der Waals surface area contributed by atoms with Crippen molar-refractivity contribution in [2.24, 2.45) is 5.73 Å². The number of nitrogens with two attached hydrogens (primary N) is 1. The fourth-order valence-electron chi connectivity index (χ4n) is 0.131. The van der Waals surface area contributed by atoms with Gasteiger partial charge in [0.1, 0.15) is 0 Å². The number of carbonyl (C=O) groups excluding carboxylic acids is 1. The summed E-state index contributed by atoms with van der Waals surface area (Å²) in [7, 11) is 1.67. The van der Waals surface area contributed by atoms with Crippen LogP contribution in [0.15, 0.2) is 0 Å². The Morgan fingerprint density at radius 2 is 2.71 bits per heavy atom. The van der Waals surface area contributed by atoms with E-state index in [-0.39, 0.29) is 11.9 Å². The highest BCUT2D eigenvalue weighted by molar-refractivity contribution is 5.79. The molecule has 3 nitrogen and oxygen atoms in total. The summed E-state index contributed by atoms with van der Waals surface area (Å²) < 4.78 is 6.40. The largest absolute Gasteiger partial charge is 0.368 e. The van der Waals surface area contributed by atoms with Crippen LogP contribution in [0.5, 0.6) is 0 Å². The van der Waals surface area contributed by atoms with Crippen molar-refractivity contribution in [2.45, 2.75) is 13.0 Å². The first-order chi connectivity index (χ1) is 3.72. The van der Waals surface area contributed by atoms with Crippen molar-refractivity contribution in [3.05, 3.63) is 0 Å². The van der Waals surface area contributed by atoms with Crippen molar-refractivity contribution < 1.29 is 6.21 Å². The summed E-state index contributed by atoms with van der Waals surface area (Å²) in [6.45, 7) is 1.68. The van der Waals surface area contributed by atoms with Crippen LogP contribution in [0.2, 0.25) is 1.41 Å². The molecule has 1 amide bonds. The highest BCUT2D eigenvalue weighted by Crippen LogP contribution is 1.71. The van der Waals surface area contributed by atoms with E-state index in [9.17, 15) is 4.79 Å². The Morgan fingerprint density at radius 1 is 2.14 bits per heavy atom. The van der Waals surface area contributed by atoms with Gasteiger partial charge >= 0.3 is 0 Å². The van der Waals surface area contributed by atoms with E-state index in [0.29, 0.717) is 0 Å². The monoisotopic (exact) mass is 103 g/mol. The average molecular weight is 103 g/mol. The van der Waals surface area contributed by atoms with Crippen molar-refractivity contribution in [3.63, 3.8) is 0 Å². The topological polar surface area (TPSA) is 55.1 Å². The zero-order valence-corrected chi connectivity index (χ0v) is 4.49. The Bertz CT molecular complexity index is 86.1. The molecule has 42 valence electrons. The third-order valence-corrected chi connectivity index (χ3v) is 0.826. The van der Waals surface area contributed by atoms with Gasteiger partial charge in [0.15, 0.2) is 1.41 Å². The molecule has 3 N–H and O–H groups in total. The van der Waals surface area contributed by atoms with Crippen molar-refractivity contribution in [3.8, 4) is 0 Å². The Morgan fingerprint density at radius 3 is 2.86 bits per heavy atom. The van der Waals surface area contributed by atoms with Gasteiger partial charge in [0, 0.05) is 0 Å². The molecule has 0 saturated carbocycles. The molecule has 0 aromatic carbocycles. The third-order valence-electron chi connectivity index (χ3n) is 0.826. The molecule has 0 fully saturated rings. The van der Waals surface area contributed by atoms with Crippen LogP contribution in [0.25, 0.3) is 0 Å². The minimum Gasteiger partial charge on any atom is -0.368 e. The average Bonchev–Trinajstić information content (AvgIpc) is 1.84. The van der Waals surface area contributed by atoms with Crippen LogP contribution in [0.1, 0.15) is 6.92 Å². The number of hydrogen-bond acceptors (Lipinski definition) is 2. The smallest absolute Gasteiger partial charge is 0.234 e. The van der Waals surface area contributed by atoms with Gasteiger partial charge in [-0.25, -0.2) is 0 Å². The lowest BCUT2D eigenvalue weighted by molar-refractivity contribution is -0.119. The van der Waals surface area contributed by atoms with Crippen LogP contribution in [-0.2, 0) is 4.79 Å². The van der Waals surface area contributed by atoms with Gasteiger partial charge in [-0.05, 0) is 14.0 Å². The van der Waals surface area contributed by atoms with E-state index >= 15 is 0 Å². The van der Waals surface area contributed by atoms with E-state index in [4.69, 9.17) is 1.41 Å². The maximum absolute atomic E-state index is 10.4. The Labute approximate surface area is 44.3 Å². The van der Waals surface area contributed by atoms with Crippen LogP contribution in [0.4, 0.5) is 0 Å². The zero-order valence-electron chi connectivity index (χ0n) is 5.49. The normalized spacial score (nSPS) is 14.9. The highest BCUT2D eigenvalue weighted by Gasteiger charge is 2.01. The molecule has 0 aromatic heterocycles. The Balaban J connectivity index is 3.46. The SMILES string of the molecule is [2H]NC(=O)C(C)NC. The predicted molar refractivity (Wildman–Crippen MR) is 27.7 cm³/mol. The number of likely N-dealkylation sites (N-methyl/N-ethyl adjacent to an activating group) is 1. The van der Waals surface area contributed by atoms with E-state index in [1.807, 2.05) is 0 Å². The van der Waals surface area contributed by atoms with E-state index in [2.05, 4.69) is 5.32 Å². The van der Waals surface area contributed by atoms with Crippen LogP contribution >= 0.6 is 0 Å². The molecule has 0 aliphatic heterocycles. The maximum atomic E-state index is 10.4. The van der Waals surface area contributed by atoms with E-state index in [1.165, 1.54) is 0 Å². The van der Waals surface area contributed by atoms with Gasteiger partial charge in [-0.1, -0.05) is 0 Å². The standard InChI is InChI=1S/C4H10N2O/c1-3(6-2)4(5)7/h3,6H,1-2H3,(H2,5,7)/i/hD. The van der Waals surface area contributed by atoms with Crippen molar-refractivity contribution in [1.29, 1.82) is 0 Å². The summed E-state index contributed by atoms with van der Waals surface area (Å²) in [4.78, 5) is 10.4. The van der Waals surface area contributed by atoms with Crippen LogP contribution in [0, 0.1) is 0 Å². The van der Waals surface area contributed by atoms with Gasteiger partial charge in [-0.3, -0.25) is 4.79 Å². The molecule has 0 aliphatic carbocycles. The first kappa shape index (κ1) is 4.59. The van der Waals surface area contributed by atoms with Crippen LogP contribution in [-0.4, -0.2) is 19.0 Å². The summed E-state index contributed by atoms with van der Waals surface area (Å²) in [6.07, 6.45) is 0. The zero-order chi connectivity index (χ0) is 6.57. The second kappa shape index (κ2) is 2.58. The molecule has 1 atom stereocenters. The molecule has 0 spiro atoms. The fourth-order valence-corrected chi connectivity index (χ4v) is 0.131. The van der Waals surface area contributed by atoms with E-state index in [0.717, 1.165) is 0 Å². The van der Waals surface area contributed by atoms with Crippen molar-refractivity contribution >= 4 is 5.91 Å². The van der Waals surface area contributed by atoms with Gasteiger partial charge in [0.2, 0.25) is 5.91 Å². The first-order valence-corrected chi connectivity index (χ1v) is 2.11. The van der Waals surface area contributed by atoms with E-state index in [1.54, 1.807) is 19.7 Å². The molecule has 3 heteroatoms. The summed E-state index contributed by atoms with van der Waals surface area (Å²) in [6, 6.07) is -0.271. The molecule has 0 saturated heterocycles. The van der Waals surface area contributed by atoms with Gasteiger partial charge in [-0.15, -0.1) is 0 Å². The maximum Gasteiger partial charge on any atom is 0.234 e. The summed E-state index contributed by atoms with van der Waals surface area (Å²) >= 11 is 0. The number of rotatable bonds is 2. The molecular formula is C4H10N2O. The van der Waals surface area contributed by atoms with Crippen LogP contribution < -0.4 is 11.0 Å². The molecule has 7 heavy (non-hydrogen) atoms. The lowest BCUT2D eigenvalue weighted by atomic mass is 10.3. The second-order valence-corrected chi connectivity index (χ2v) is 1.37. The summed E-state index contributed by atoms with van der Waals surface area (Å²) in [5, 5.41) is 2.68. The molecule has 0 bridgehead atoms. The molecule has 0 radical (unpaired) electrons. The number of carbonyl (C=O) groups is 1. The van der Waals surface area contributed by atoms with Gasteiger partial charge in [-0.2, -0.15) is 0 Å². The van der Waals surface area contributed by atoms with E-state index < -0.39 is 0 Å².